The monoisotopic (exact) mass is 288 g/mol. The predicted molar refractivity (Wildman–Crippen MR) is 80.2 cm³/mol. The standard InChI is InChI=1S/C17H20O4/c1-6-16(4)11-14(18)10-13(3)17(16,20)8-7-12(2)9-15(19)21-5/h1,7-10,20H,11H2,2-5H3/b8-7+,12-9+/t16-,17+/m0/s1. The average Bonchev–Trinajstić information content (AvgIpc) is 2.42. The van der Waals surface area contributed by atoms with Crippen LogP contribution >= 0.6 is 0 Å². The van der Waals surface area contributed by atoms with Crippen molar-refractivity contribution in [3.05, 3.63) is 35.5 Å². The van der Waals surface area contributed by atoms with Crippen molar-refractivity contribution in [1.82, 2.24) is 0 Å². The molecule has 0 aromatic heterocycles. The second-order valence-electron chi connectivity index (χ2n) is 5.46. The maximum Gasteiger partial charge on any atom is 0.330 e. The van der Waals surface area contributed by atoms with Crippen molar-refractivity contribution in [2.24, 2.45) is 5.41 Å². The minimum Gasteiger partial charge on any atom is -0.466 e. The molecule has 1 N–H and O–H groups in total. The lowest BCUT2D eigenvalue weighted by atomic mass is 9.64. The lowest BCUT2D eigenvalue weighted by Gasteiger charge is -2.42. The second-order valence-corrected chi connectivity index (χ2v) is 5.46. The van der Waals surface area contributed by atoms with Crippen LogP contribution in [0.4, 0.5) is 0 Å². The molecule has 0 fully saturated rings. The Kier molecular flexibility index (Phi) is 4.93. The summed E-state index contributed by atoms with van der Waals surface area (Å²) in [5.41, 5.74) is -1.35. The lowest BCUT2D eigenvalue weighted by molar-refractivity contribution is -0.134. The van der Waals surface area contributed by atoms with Gasteiger partial charge < -0.3 is 9.84 Å². The number of ether oxygens (including phenoxy) is 1. The predicted octanol–water partition coefficient (Wildman–Crippen LogP) is 1.95. The van der Waals surface area contributed by atoms with E-state index in [0.29, 0.717) is 11.1 Å². The SMILES string of the molecule is C#C[C@@]1(C)CC(=O)C=C(C)[C@]1(O)/C=C/C(C)=C/C(=O)OC. The van der Waals surface area contributed by atoms with Crippen LogP contribution in [0.5, 0.6) is 0 Å². The minimum atomic E-state index is -1.43. The van der Waals surface area contributed by atoms with Crippen LogP contribution in [-0.2, 0) is 14.3 Å². The van der Waals surface area contributed by atoms with E-state index < -0.39 is 17.0 Å². The molecule has 1 aliphatic rings. The molecule has 0 aromatic carbocycles. The molecule has 1 aliphatic carbocycles. The van der Waals surface area contributed by atoms with E-state index in [4.69, 9.17) is 6.42 Å². The molecule has 4 heteroatoms. The molecule has 0 unspecified atom stereocenters. The number of hydrogen-bond acceptors (Lipinski definition) is 4. The number of ketones is 1. The molecule has 1 rings (SSSR count). The minimum absolute atomic E-state index is 0.0709. The summed E-state index contributed by atoms with van der Waals surface area (Å²) in [5, 5.41) is 10.9. The summed E-state index contributed by atoms with van der Waals surface area (Å²) < 4.78 is 4.54. The van der Waals surface area contributed by atoms with Gasteiger partial charge in [-0.2, -0.15) is 0 Å². The van der Waals surface area contributed by atoms with Gasteiger partial charge in [0, 0.05) is 12.5 Å². The third-order valence-electron chi connectivity index (χ3n) is 3.80. The highest BCUT2D eigenvalue weighted by Gasteiger charge is 2.49. The van der Waals surface area contributed by atoms with Crippen LogP contribution in [0, 0.1) is 17.8 Å². The highest BCUT2D eigenvalue weighted by molar-refractivity contribution is 5.93. The number of allylic oxidation sites excluding steroid dienone is 3. The van der Waals surface area contributed by atoms with Gasteiger partial charge in [-0.15, -0.1) is 6.42 Å². The van der Waals surface area contributed by atoms with E-state index in [1.54, 1.807) is 26.8 Å². The number of carbonyl (C=O) groups excluding carboxylic acids is 2. The van der Waals surface area contributed by atoms with Crippen molar-refractivity contribution in [3.8, 4) is 12.3 Å². The summed E-state index contributed by atoms with van der Waals surface area (Å²) in [6.07, 6.45) is 11.4. The molecule has 0 bridgehead atoms. The molecule has 0 saturated carbocycles. The van der Waals surface area contributed by atoms with E-state index >= 15 is 0 Å². The number of hydrogen-bond donors (Lipinski definition) is 1. The van der Waals surface area contributed by atoms with E-state index in [0.717, 1.165) is 0 Å². The molecule has 0 saturated heterocycles. The Labute approximate surface area is 125 Å². The maximum absolute atomic E-state index is 11.7. The van der Waals surface area contributed by atoms with Crippen molar-refractivity contribution in [2.75, 3.05) is 7.11 Å². The Morgan fingerprint density at radius 3 is 2.71 bits per heavy atom. The molecule has 4 nitrogen and oxygen atoms in total. The number of terminal acetylenes is 1. The van der Waals surface area contributed by atoms with Gasteiger partial charge in [-0.05, 0) is 44.1 Å². The first kappa shape index (κ1) is 16.9. The molecular weight excluding hydrogens is 268 g/mol. The van der Waals surface area contributed by atoms with E-state index in [1.807, 2.05) is 0 Å². The lowest BCUT2D eigenvalue weighted by Crippen LogP contribution is -2.49. The van der Waals surface area contributed by atoms with Crippen LogP contribution in [-0.4, -0.2) is 29.6 Å². The van der Waals surface area contributed by atoms with Crippen LogP contribution < -0.4 is 0 Å². The van der Waals surface area contributed by atoms with Crippen LogP contribution in [0.1, 0.15) is 27.2 Å². The van der Waals surface area contributed by atoms with Gasteiger partial charge >= 0.3 is 5.97 Å². The smallest absolute Gasteiger partial charge is 0.330 e. The highest BCUT2D eigenvalue weighted by atomic mass is 16.5. The van der Waals surface area contributed by atoms with Crippen LogP contribution in [0.15, 0.2) is 35.5 Å². The number of methoxy groups -OCH3 is 1. The van der Waals surface area contributed by atoms with Gasteiger partial charge in [0.05, 0.1) is 12.5 Å². The fraction of sp³-hybridized carbons (Fsp3) is 0.412. The third kappa shape index (κ3) is 3.32. The molecule has 0 spiro atoms. The summed E-state index contributed by atoms with van der Waals surface area (Å²) in [4.78, 5) is 22.8. The fourth-order valence-electron chi connectivity index (χ4n) is 2.34. The summed E-state index contributed by atoms with van der Waals surface area (Å²) >= 11 is 0. The van der Waals surface area contributed by atoms with Crippen molar-refractivity contribution in [1.29, 1.82) is 0 Å². The van der Waals surface area contributed by atoms with Gasteiger partial charge in [0.25, 0.3) is 0 Å². The van der Waals surface area contributed by atoms with E-state index in [9.17, 15) is 14.7 Å². The van der Waals surface area contributed by atoms with Gasteiger partial charge in [0.2, 0.25) is 0 Å². The Bertz CT molecular complexity index is 588. The van der Waals surface area contributed by atoms with Crippen molar-refractivity contribution in [3.63, 3.8) is 0 Å². The Morgan fingerprint density at radius 2 is 2.19 bits per heavy atom. The summed E-state index contributed by atoms with van der Waals surface area (Å²) in [7, 11) is 1.29. The molecular formula is C17H20O4. The second kappa shape index (κ2) is 6.11. The number of esters is 1. The highest BCUT2D eigenvalue weighted by Crippen LogP contribution is 2.44. The van der Waals surface area contributed by atoms with Gasteiger partial charge in [-0.25, -0.2) is 4.79 Å². The van der Waals surface area contributed by atoms with Gasteiger partial charge in [0.1, 0.15) is 5.60 Å². The Hall–Kier alpha value is -2.12. The van der Waals surface area contributed by atoms with Gasteiger partial charge in [0.15, 0.2) is 5.78 Å². The van der Waals surface area contributed by atoms with Gasteiger partial charge in [-0.1, -0.05) is 12.0 Å². The fourth-order valence-corrected chi connectivity index (χ4v) is 2.34. The van der Waals surface area contributed by atoms with Crippen LogP contribution in [0.2, 0.25) is 0 Å². The van der Waals surface area contributed by atoms with Crippen molar-refractivity contribution < 1.29 is 19.4 Å². The summed E-state index contributed by atoms with van der Waals surface area (Å²) in [6, 6.07) is 0. The van der Waals surface area contributed by atoms with Crippen molar-refractivity contribution >= 4 is 11.8 Å². The quantitative estimate of drug-likeness (QED) is 0.373. The first-order chi connectivity index (χ1) is 9.68. The first-order valence-corrected chi connectivity index (χ1v) is 6.56. The first-order valence-electron chi connectivity index (χ1n) is 6.56. The molecule has 0 aliphatic heterocycles. The third-order valence-corrected chi connectivity index (χ3v) is 3.80. The summed E-state index contributed by atoms with van der Waals surface area (Å²) in [5.74, 6) is 1.95. The maximum atomic E-state index is 11.7. The Morgan fingerprint density at radius 1 is 1.57 bits per heavy atom. The van der Waals surface area contributed by atoms with Gasteiger partial charge in [-0.3, -0.25) is 4.79 Å². The molecule has 0 radical (unpaired) electrons. The molecule has 0 heterocycles. The van der Waals surface area contributed by atoms with Crippen LogP contribution in [0.3, 0.4) is 0 Å². The normalized spacial score (nSPS) is 30.0. The number of rotatable bonds is 3. The molecule has 2 atom stereocenters. The van der Waals surface area contributed by atoms with E-state index in [1.165, 1.54) is 25.3 Å². The summed E-state index contributed by atoms with van der Waals surface area (Å²) in [6.45, 7) is 5.04. The Balaban J connectivity index is 3.21. The topological polar surface area (TPSA) is 63.6 Å². The molecule has 0 aromatic rings. The zero-order chi connectivity index (χ0) is 16.3. The zero-order valence-electron chi connectivity index (χ0n) is 12.8. The number of aliphatic hydroxyl groups is 1. The van der Waals surface area contributed by atoms with Crippen LogP contribution in [0.25, 0.3) is 0 Å². The van der Waals surface area contributed by atoms with E-state index in [2.05, 4.69) is 10.7 Å². The molecule has 21 heavy (non-hydrogen) atoms. The van der Waals surface area contributed by atoms with Crippen molar-refractivity contribution in [2.45, 2.75) is 32.8 Å². The molecule has 0 amide bonds. The van der Waals surface area contributed by atoms with E-state index in [-0.39, 0.29) is 12.2 Å². The number of carbonyl (C=O) groups is 2. The molecule has 112 valence electrons. The largest absolute Gasteiger partial charge is 0.466 e. The average molecular weight is 288 g/mol. The zero-order valence-corrected chi connectivity index (χ0v) is 12.8.